The third-order valence-electron chi connectivity index (χ3n) is 6.26. The molecule has 12 nitrogen and oxygen atoms in total. The first-order valence-corrected chi connectivity index (χ1v) is 14.4. The number of carbonyl (C=O) groups excluding carboxylic acids is 1. The van der Waals surface area contributed by atoms with Crippen molar-refractivity contribution >= 4 is 37.6 Å². The van der Waals surface area contributed by atoms with Crippen LogP contribution in [0.25, 0.3) is 0 Å². The molecule has 1 aliphatic heterocycles. The van der Waals surface area contributed by atoms with E-state index in [-0.39, 0.29) is 23.5 Å². The predicted molar refractivity (Wildman–Crippen MR) is 136 cm³/mol. The summed E-state index contributed by atoms with van der Waals surface area (Å²) < 4.78 is 73.3. The summed E-state index contributed by atoms with van der Waals surface area (Å²) in [6.07, 6.45) is 2.31. The number of benzene rings is 1. The smallest absolute Gasteiger partial charge is 0.274 e. The predicted octanol–water partition coefficient (Wildman–Crippen LogP) is 1.15. The number of carbonyl (C=O) groups is 1. The second-order valence-corrected chi connectivity index (χ2v) is 12.8. The molecule has 2 heterocycles. The summed E-state index contributed by atoms with van der Waals surface area (Å²) in [4.78, 5) is 16.7. The highest BCUT2D eigenvalue weighted by atomic mass is 32.2. The van der Waals surface area contributed by atoms with Crippen molar-refractivity contribution in [3.05, 3.63) is 53.6 Å². The molecule has 2 atom stereocenters. The first kappa shape index (κ1) is 28.3. The van der Waals surface area contributed by atoms with Crippen LogP contribution in [0.4, 0.5) is 10.1 Å². The van der Waals surface area contributed by atoms with Gasteiger partial charge in [0.1, 0.15) is 22.5 Å². The number of nitrogens with zero attached hydrogens (tertiary/aromatic N) is 3. The summed E-state index contributed by atoms with van der Waals surface area (Å²) >= 11 is 0. The molecule has 37 heavy (non-hydrogen) atoms. The Morgan fingerprint density at radius 3 is 2.57 bits per heavy atom. The monoisotopic (exact) mass is 556 g/mol. The summed E-state index contributed by atoms with van der Waals surface area (Å²) in [5.41, 5.74) is -1.75. The van der Waals surface area contributed by atoms with Gasteiger partial charge in [0.25, 0.3) is 5.91 Å². The molecule has 1 aromatic heterocycles. The Balaban J connectivity index is 2.07. The van der Waals surface area contributed by atoms with Crippen molar-refractivity contribution in [1.82, 2.24) is 18.9 Å². The minimum Gasteiger partial charge on any atom is -0.495 e. The van der Waals surface area contributed by atoms with Gasteiger partial charge in [-0.15, -0.1) is 0 Å². The molecule has 2 aromatic rings. The fourth-order valence-electron chi connectivity index (χ4n) is 4.05. The third-order valence-corrected chi connectivity index (χ3v) is 9.89. The Hall–Kier alpha value is -3.30. The van der Waals surface area contributed by atoms with Gasteiger partial charge in [-0.2, -0.15) is 0 Å². The normalized spacial score (nSPS) is 21.4. The molecule has 202 valence electrons. The molecule has 0 saturated carbocycles. The SMILES string of the molecule is CCN(C[C@H]1[C@@](C)(c2cc(NC(=O)c3ccc(OC)cn3)ccc2F)NC(=N)N(C)S1(=O)=O)S(C)(=O)=O. The number of sulfonamides is 2. The molecule has 1 aliphatic rings. The highest BCUT2D eigenvalue weighted by molar-refractivity contribution is 7.90. The standard InChI is InChI=1S/C22H29FN6O6S2/c1-6-29(36(5,31)32)13-19-22(2,27-21(24)28(3)37(19,33)34)16-11-14(7-9-17(16)23)26-20(30)18-10-8-15(35-4)12-25-18/h7-12,19H,6,13H2,1-5H3,(H2,24,27)(H,26,30)/t19-,22+/m0/s1. The van der Waals surface area contributed by atoms with Crippen molar-refractivity contribution in [2.45, 2.75) is 24.6 Å². The van der Waals surface area contributed by atoms with Gasteiger partial charge >= 0.3 is 0 Å². The zero-order valence-electron chi connectivity index (χ0n) is 20.9. The number of pyridine rings is 1. The highest BCUT2D eigenvalue weighted by Crippen LogP contribution is 2.37. The average Bonchev–Trinajstić information content (AvgIpc) is 2.83. The lowest BCUT2D eigenvalue weighted by Crippen LogP contribution is -2.68. The van der Waals surface area contributed by atoms with Crippen molar-refractivity contribution in [3.63, 3.8) is 0 Å². The molecule has 3 rings (SSSR count). The second kappa shape index (κ2) is 10.2. The molecule has 1 fully saturated rings. The number of halogens is 1. The van der Waals surface area contributed by atoms with Crippen LogP contribution in [0, 0.1) is 11.2 Å². The first-order valence-electron chi connectivity index (χ1n) is 11.1. The van der Waals surface area contributed by atoms with Crippen molar-refractivity contribution in [2.24, 2.45) is 0 Å². The van der Waals surface area contributed by atoms with Crippen molar-refractivity contribution in [2.75, 3.05) is 38.8 Å². The molecule has 0 radical (unpaired) electrons. The molecular formula is C22H29FN6O6S2. The lowest BCUT2D eigenvalue weighted by atomic mass is 9.87. The van der Waals surface area contributed by atoms with Gasteiger partial charge in [-0.1, -0.05) is 6.92 Å². The Labute approximate surface area is 215 Å². The van der Waals surface area contributed by atoms with Gasteiger partial charge in [-0.3, -0.25) is 10.2 Å². The Morgan fingerprint density at radius 1 is 1.35 bits per heavy atom. The maximum atomic E-state index is 15.3. The zero-order valence-corrected chi connectivity index (χ0v) is 22.6. The van der Waals surface area contributed by atoms with Crippen LogP contribution in [0.3, 0.4) is 0 Å². The minimum absolute atomic E-state index is 0.0183. The van der Waals surface area contributed by atoms with Gasteiger partial charge in [0.2, 0.25) is 26.0 Å². The van der Waals surface area contributed by atoms with Gasteiger partial charge < -0.3 is 15.4 Å². The third kappa shape index (κ3) is 5.52. The quantitative estimate of drug-likeness (QED) is 0.436. The van der Waals surface area contributed by atoms with Gasteiger partial charge in [0, 0.05) is 31.4 Å². The van der Waals surface area contributed by atoms with Crippen LogP contribution in [-0.2, 0) is 25.6 Å². The second-order valence-electron chi connectivity index (χ2n) is 8.62. The van der Waals surface area contributed by atoms with Gasteiger partial charge in [0.15, 0.2) is 0 Å². The number of guanidine groups is 1. The maximum absolute atomic E-state index is 15.3. The van der Waals surface area contributed by atoms with E-state index in [1.807, 2.05) is 0 Å². The summed E-state index contributed by atoms with van der Waals surface area (Å²) in [5.74, 6) is -1.48. The number of hydrogen-bond donors (Lipinski definition) is 3. The van der Waals surface area contributed by atoms with Crippen LogP contribution in [0.15, 0.2) is 36.5 Å². The van der Waals surface area contributed by atoms with E-state index in [2.05, 4.69) is 15.6 Å². The van der Waals surface area contributed by atoms with Crippen LogP contribution in [0.2, 0.25) is 0 Å². The number of nitrogens with one attached hydrogen (secondary N) is 3. The largest absolute Gasteiger partial charge is 0.495 e. The number of aromatic nitrogens is 1. The fraction of sp³-hybridized carbons (Fsp3) is 0.409. The number of amides is 1. The fourth-order valence-corrected chi connectivity index (χ4v) is 6.87. The van der Waals surface area contributed by atoms with E-state index in [4.69, 9.17) is 10.1 Å². The molecule has 1 aromatic carbocycles. The molecule has 0 unspecified atom stereocenters. The van der Waals surface area contributed by atoms with Gasteiger partial charge in [-0.05, 0) is 37.3 Å². The molecule has 15 heteroatoms. The molecule has 1 saturated heterocycles. The van der Waals surface area contributed by atoms with E-state index in [9.17, 15) is 21.6 Å². The number of ether oxygens (including phenoxy) is 1. The van der Waals surface area contributed by atoms with Crippen LogP contribution >= 0.6 is 0 Å². The Bertz CT molecular complexity index is 1420. The zero-order chi connectivity index (χ0) is 27.8. The van der Waals surface area contributed by atoms with E-state index in [0.717, 1.165) is 23.7 Å². The van der Waals surface area contributed by atoms with E-state index < -0.39 is 55.1 Å². The first-order chi connectivity index (χ1) is 17.1. The van der Waals surface area contributed by atoms with Crippen molar-refractivity contribution in [1.29, 1.82) is 5.41 Å². The number of rotatable bonds is 8. The number of anilines is 1. The molecular weight excluding hydrogens is 527 g/mol. The topological polar surface area (TPSA) is 162 Å². The highest BCUT2D eigenvalue weighted by Gasteiger charge is 2.53. The Kier molecular flexibility index (Phi) is 7.81. The summed E-state index contributed by atoms with van der Waals surface area (Å²) in [7, 11) is -5.49. The van der Waals surface area contributed by atoms with E-state index in [1.165, 1.54) is 38.4 Å². The molecule has 0 spiro atoms. The van der Waals surface area contributed by atoms with Crippen LogP contribution in [0.1, 0.15) is 29.9 Å². The minimum atomic E-state index is -4.31. The molecule has 1 amide bonds. The van der Waals surface area contributed by atoms with Crippen molar-refractivity contribution < 1.29 is 30.8 Å². The lowest BCUT2D eigenvalue weighted by molar-refractivity contribution is 0.102. The lowest BCUT2D eigenvalue weighted by Gasteiger charge is -2.47. The Morgan fingerprint density at radius 2 is 2.03 bits per heavy atom. The number of hydrogen-bond acceptors (Lipinski definition) is 8. The van der Waals surface area contributed by atoms with E-state index >= 15 is 4.39 Å². The van der Waals surface area contributed by atoms with E-state index in [1.54, 1.807) is 13.0 Å². The number of methoxy groups -OCH3 is 1. The van der Waals surface area contributed by atoms with Crippen LogP contribution < -0.4 is 15.4 Å². The molecule has 3 N–H and O–H groups in total. The average molecular weight is 557 g/mol. The van der Waals surface area contributed by atoms with Crippen LogP contribution in [-0.4, -0.2) is 81.0 Å². The summed E-state index contributed by atoms with van der Waals surface area (Å²) in [5, 5.41) is 12.0. The van der Waals surface area contributed by atoms with Crippen molar-refractivity contribution in [3.8, 4) is 5.75 Å². The van der Waals surface area contributed by atoms with E-state index in [0.29, 0.717) is 10.1 Å². The van der Waals surface area contributed by atoms with Gasteiger partial charge in [0.05, 0.1) is 25.1 Å². The van der Waals surface area contributed by atoms with Gasteiger partial charge in [-0.25, -0.2) is 34.8 Å². The van der Waals surface area contributed by atoms with Crippen LogP contribution in [0.5, 0.6) is 5.75 Å². The molecule has 0 aliphatic carbocycles. The maximum Gasteiger partial charge on any atom is 0.274 e. The summed E-state index contributed by atoms with van der Waals surface area (Å²) in [6, 6.07) is 6.58. The summed E-state index contributed by atoms with van der Waals surface area (Å²) in [6.45, 7) is 2.42. The molecule has 0 bridgehead atoms.